The van der Waals surface area contributed by atoms with Crippen molar-refractivity contribution in [3.05, 3.63) is 51.6 Å². The Balaban J connectivity index is 2.02. The van der Waals surface area contributed by atoms with Crippen molar-refractivity contribution in [1.82, 2.24) is 14.7 Å². The lowest BCUT2D eigenvalue weighted by molar-refractivity contribution is -0.138. The molecule has 1 saturated carbocycles. The van der Waals surface area contributed by atoms with Gasteiger partial charge < -0.3 is 4.90 Å². The molecule has 152 valence electrons. The molecule has 2 aromatic rings. The van der Waals surface area contributed by atoms with Crippen LogP contribution in [0.4, 0.5) is 26.3 Å². The average molecular weight is 425 g/mol. The molecule has 1 aromatic carbocycles. The van der Waals surface area contributed by atoms with Gasteiger partial charge in [0.1, 0.15) is 17.1 Å². The summed E-state index contributed by atoms with van der Waals surface area (Å²) in [5.41, 5.74) is -2.80. The van der Waals surface area contributed by atoms with Crippen molar-refractivity contribution >= 4 is 17.4 Å². The Morgan fingerprint density at radius 3 is 2.54 bits per heavy atom. The monoisotopic (exact) mass is 424 g/mol. The van der Waals surface area contributed by atoms with Gasteiger partial charge in [-0.2, -0.15) is 22.7 Å². The van der Waals surface area contributed by atoms with Crippen molar-refractivity contribution in [1.29, 1.82) is 5.41 Å². The van der Waals surface area contributed by atoms with E-state index in [1.807, 2.05) is 0 Å². The summed E-state index contributed by atoms with van der Waals surface area (Å²) in [5, 5.41) is 11.7. The van der Waals surface area contributed by atoms with Gasteiger partial charge in [-0.25, -0.2) is 13.5 Å². The van der Waals surface area contributed by atoms with Crippen molar-refractivity contribution in [2.24, 2.45) is 7.05 Å². The standard InChI is InChI=1S/C17H15ClF6N4/c1-27-15(21)12(13(26-27)14(19)20)16(25)28(10-3-4-10)7-8-6-9(18)2-5-11(8)17(22,23)24/h2,5-6,10,14,25H,3-4,7H2,1H3. The molecule has 0 aliphatic heterocycles. The third kappa shape index (κ3) is 3.96. The number of alkyl halides is 5. The van der Waals surface area contributed by atoms with Gasteiger partial charge >= 0.3 is 6.18 Å². The Bertz CT molecular complexity index is 904. The Kier molecular flexibility index (Phi) is 5.35. The summed E-state index contributed by atoms with van der Waals surface area (Å²) < 4.78 is 81.4. The Labute approximate surface area is 161 Å². The van der Waals surface area contributed by atoms with Gasteiger partial charge in [0, 0.05) is 24.7 Å². The largest absolute Gasteiger partial charge is 0.416 e. The molecule has 0 spiro atoms. The van der Waals surface area contributed by atoms with E-state index < -0.39 is 47.8 Å². The zero-order chi connectivity index (χ0) is 20.8. The first-order valence-corrected chi connectivity index (χ1v) is 8.60. The maximum absolute atomic E-state index is 14.3. The van der Waals surface area contributed by atoms with Gasteiger partial charge in [0.2, 0.25) is 5.95 Å². The van der Waals surface area contributed by atoms with Crippen LogP contribution in [0, 0.1) is 11.4 Å². The molecule has 0 bridgehead atoms. The summed E-state index contributed by atoms with van der Waals surface area (Å²) in [6.45, 7) is -0.421. The molecule has 1 aromatic heterocycles. The summed E-state index contributed by atoms with van der Waals surface area (Å²) in [6.07, 6.45) is -6.69. The average Bonchev–Trinajstić information content (AvgIpc) is 3.37. The van der Waals surface area contributed by atoms with E-state index in [-0.39, 0.29) is 16.6 Å². The first kappa shape index (κ1) is 20.5. The highest BCUT2D eigenvalue weighted by atomic mass is 35.5. The molecule has 11 heteroatoms. The van der Waals surface area contributed by atoms with Gasteiger partial charge in [-0.15, -0.1) is 0 Å². The van der Waals surface area contributed by atoms with Crippen LogP contribution in [0.2, 0.25) is 5.02 Å². The van der Waals surface area contributed by atoms with E-state index >= 15 is 0 Å². The van der Waals surface area contributed by atoms with Crippen molar-refractivity contribution < 1.29 is 26.3 Å². The fraction of sp³-hybridized carbons (Fsp3) is 0.412. The minimum Gasteiger partial charge on any atom is -0.349 e. The van der Waals surface area contributed by atoms with E-state index in [1.165, 1.54) is 4.90 Å². The van der Waals surface area contributed by atoms with Crippen LogP contribution in [0.1, 0.15) is 41.7 Å². The van der Waals surface area contributed by atoms with Gasteiger partial charge in [-0.1, -0.05) is 11.6 Å². The molecular weight excluding hydrogens is 410 g/mol. The number of aryl methyl sites for hydroxylation is 1. The van der Waals surface area contributed by atoms with Crippen LogP contribution in [0.3, 0.4) is 0 Å². The van der Waals surface area contributed by atoms with Crippen LogP contribution < -0.4 is 0 Å². The number of nitrogens with one attached hydrogen (secondary N) is 1. The predicted molar refractivity (Wildman–Crippen MR) is 90.0 cm³/mol. The normalized spacial score (nSPS) is 14.6. The third-order valence-electron chi connectivity index (χ3n) is 4.44. The molecule has 0 radical (unpaired) electrons. The minimum absolute atomic E-state index is 0.0612. The van der Waals surface area contributed by atoms with E-state index in [9.17, 15) is 26.3 Å². The molecule has 1 aliphatic rings. The topological polar surface area (TPSA) is 44.9 Å². The Hall–Kier alpha value is -2.23. The van der Waals surface area contributed by atoms with Crippen LogP contribution >= 0.6 is 11.6 Å². The summed E-state index contributed by atoms with van der Waals surface area (Å²) in [4.78, 5) is 1.19. The third-order valence-corrected chi connectivity index (χ3v) is 4.67. The lowest BCUT2D eigenvalue weighted by Gasteiger charge is -2.27. The fourth-order valence-corrected chi connectivity index (χ4v) is 3.16. The molecule has 1 fully saturated rings. The van der Waals surface area contributed by atoms with Crippen molar-refractivity contribution in [3.8, 4) is 0 Å². The minimum atomic E-state index is -4.66. The van der Waals surface area contributed by atoms with Gasteiger partial charge in [0.15, 0.2) is 0 Å². The summed E-state index contributed by atoms with van der Waals surface area (Å²) in [6, 6.07) is 2.68. The maximum Gasteiger partial charge on any atom is 0.416 e. The van der Waals surface area contributed by atoms with Crippen LogP contribution in [0.5, 0.6) is 0 Å². The number of benzene rings is 1. The molecular formula is C17H15ClF6N4. The molecule has 0 unspecified atom stereocenters. The molecule has 4 nitrogen and oxygen atoms in total. The van der Waals surface area contributed by atoms with Gasteiger partial charge in [0.05, 0.1) is 5.56 Å². The summed E-state index contributed by atoms with van der Waals surface area (Å²) in [7, 11) is 1.11. The van der Waals surface area contributed by atoms with Crippen LogP contribution in [0.15, 0.2) is 18.2 Å². The lowest BCUT2D eigenvalue weighted by Crippen LogP contribution is -2.34. The fourth-order valence-electron chi connectivity index (χ4n) is 2.97. The number of nitrogens with zero attached hydrogens (tertiary/aromatic N) is 3. The number of amidine groups is 1. The second-order valence-corrected chi connectivity index (χ2v) is 6.92. The van der Waals surface area contributed by atoms with Crippen LogP contribution in [-0.2, 0) is 19.8 Å². The van der Waals surface area contributed by atoms with E-state index in [0.717, 1.165) is 25.2 Å². The first-order valence-electron chi connectivity index (χ1n) is 8.22. The second-order valence-electron chi connectivity index (χ2n) is 6.48. The highest BCUT2D eigenvalue weighted by molar-refractivity contribution is 6.30. The smallest absolute Gasteiger partial charge is 0.349 e. The van der Waals surface area contributed by atoms with Crippen molar-refractivity contribution in [2.75, 3.05) is 0 Å². The molecule has 0 amide bonds. The molecule has 28 heavy (non-hydrogen) atoms. The predicted octanol–water partition coefficient (Wildman–Crippen LogP) is 5.16. The summed E-state index contributed by atoms with van der Waals surface area (Å²) in [5.74, 6) is -1.77. The van der Waals surface area contributed by atoms with Gasteiger partial charge in [-0.3, -0.25) is 5.41 Å². The van der Waals surface area contributed by atoms with E-state index in [1.54, 1.807) is 0 Å². The van der Waals surface area contributed by atoms with Crippen LogP contribution in [-0.4, -0.2) is 26.6 Å². The number of aromatic nitrogens is 2. The zero-order valence-corrected chi connectivity index (χ0v) is 15.3. The molecule has 3 rings (SSSR count). The highest BCUT2D eigenvalue weighted by Gasteiger charge is 2.39. The van der Waals surface area contributed by atoms with Gasteiger partial charge in [0.25, 0.3) is 6.43 Å². The first-order chi connectivity index (χ1) is 13.0. The molecule has 1 N–H and O–H groups in total. The molecule has 0 saturated heterocycles. The lowest BCUT2D eigenvalue weighted by atomic mass is 10.1. The van der Waals surface area contributed by atoms with E-state index in [2.05, 4.69) is 5.10 Å². The van der Waals surface area contributed by atoms with Crippen LogP contribution in [0.25, 0.3) is 0 Å². The Morgan fingerprint density at radius 2 is 2.00 bits per heavy atom. The van der Waals surface area contributed by atoms with E-state index in [4.69, 9.17) is 17.0 Å². The molecule has 1 heterocycles. The summed E-state index contributed by atoms with van der Waals surface area (Å²) >= 11 is 5.83. The number of hydrogen-bond donors (Lipinski definition) is 1. The van der Waals surface area contributed by atoms with Crippen molar-refractivity contribution in [2.45, 2.75) is 38.0 Å². The highest BCUT2D eigenvalue weighted by Crippen LogP contribution is 2.37. The number of rotatable bonds is 5. The molecule has 0 atom stereocenters. The zero-order valence-electron chi connectivity index (χ0n) is 14.5. The second kappa shape index (κ2) is 7.31. The Morgan fingerprint density at radius 1 is 1.36 bits per heavy atom. The van der Waals surface area contributed by atoms with E-state index in [0.29, 0.717) is 17.5 Å². The maximum atomic E-state index is 14.3. The SMILES string of the molecule is Cn1nc(C(F)F)c(C(=N)N(Cc2cc(Cl)ccc2C(F)(F)F)C2CC2)c1F. The molecule has 1 aliphatic carbocycles. The van der Waals surface area contributed by atoms with Crippen molar-refractivity contribution in [3.63, 3.8) is 0 Å². The van der Waals surface area contributed by atoms with Gasteiger partial charge in [-0.05, 0) is 36.6 Å². The number of hydrogen-bond acceptors (Lipinski definition) is 2. The quantitative estimate of drug-likeness (QED) is 0.409. The number of halogens is 7.